The molecule has 2 N–H and O–H groups in total. The monoisotopic (exact) mass is 340 g/mol. The number of thiazole rings is 1. The number of hydrogen-bond acceptors (Lipinski definition) is 5. The number of carbonyl (C=O) groups excluding carboxylic acids is 1. The van der Waals surface area contributed by atoms with Crippen molar-refractivity contribution in [2.75, 3.05) is 6.54 Å². The molecular formula is C17H16N4O2S. The van der Waals surface area contributed by atoms with Gasteiger partial charge in [-0.05, 0) is 31.2 Å². The van der Waals surface area contributed by atoms with Crippen molar-refractivity contribution >= 4 is 17.2 Å². The average Bonchev–Trinajstić information content (AvgIpc) is 3.04. The number of H-pyrrole nitrogens is 1. The largest absolute Gasteiger partial charge is 0.351 e. The predicted molar refractivity (Wildman–Crippen MR) is 93.2 cm³/mol. The van der Waals surface area contributed by atoms with Gasteiger partial charge in [-0.15, -0.1) is 11.3 Å². The molecule has 0 spiro atoms. The lowest BCUT2D eigenvalue weighted by molar-refractivity contribution is 0.0952. The van der Waals surface area contributed by atoms with Crippen molar-refractivity contribution in [2.24, 2.45) is 0 Å². The maximum absolute atomic E-state index is 12.0. The van der Waals surface area contributed by atoms with Gasteiger partial charge in [0.15, 0.2) is 0 Å². The van der Waals surface area contributed by atoms with Crippen molar-refractivity contribution in [3.05, 3.63) is 68.5 Å². The smallest absolute Gasteiger partial charge is 0.260 e. The molecule has 3 heterocycles. The maximum atomic E-state index is 12.0. The Balaban J connectivity index is 1.58. The molecule has 3 aromatic rings. The predicted octanol–water partition coefficient (Wildman–Crippen LogP) is 2.17. The third-order valence-corrected chi connectivity index (χ3v) is 4.31. The molecule has 0 aliphatic rings. The summed E-state index contributed by atoms with van der Waals surface area (Å²) in [6, 6.07) is 8.92. The number of aryl methyl sites for hydroxylation is 1. The quantitative estimate of drug-likeness (QED) is 0.745. The lowest BCUT2D eigenvalue weighted by Crippen LogP contribution is -2.31. The number of aromatic nitrogens is 3. The first-order valence-corrected chi connectivity index (χ1v) is 8.35. The van der Waals surface area contributed by atoms with E-state index < -0.39 is 0 Å². The van der Waals surface area contributed by atoms with Crippen molar-refractivity contribution in [1.82, 2.24) is 20.3 Å². The molecule has 0 aliphatic heterocycles. The number of nitrogens with one attached hydrogen (secondary N) is 2. The van der Waals surface area contributed by atoms with E-state index in [-0.39, 0.29) is 17.0 Å². The van der Waals surface area contributed by atoms with Crippen LogP contribution in [0.15, 0.2) is 46.7 Å². The van der Waals surface area contributed by atoms with E-state index in [9.17, 15) is 9.59 Å². The summed E-state index contributed by atoms with van der Waals surface area (Å²) in [7, 11) is 0. The standard InChI is InChI=1S/C17H16N4O2S/c1-11-5-6-12(17(23)20-11)16(22)19-9-7-15-21-14(10-24-15)13-4-2-3-8-18-13/h2-6,8,10H,7,9H2,1H3,(H,19,22)(H,20,23). The molecular weight excluding hydrogens is 324 g/mol. The Morgan fingerprint density at radius 2 is 2.12 bits per heavy atom. The Labute approximate surface area is 142 Å². The first-order chi connectivity index (χ1) is 11.6. The van der Waals surface area contributed by atoms with E-state index in [1.807, 2.05) is 23.6 Å². The van der Waals surface area contributed by atoms with Crippen LogP contribution >= 0.6 is 11.3 Å². The van der Waals surface area contributed by atoms with Crippen LogP contribution in [-0.4, -0.2) is 27.4 Å². The first-order valence-electron chi connectivity index (χ1n) is 7.47. The molecule has 0 aliphatic carbocycles. The Hall–Kier alpha value is -2.80. The first kappa shape index (κ1) is 16.1. The van der Waals surface area contributed by atoms with E-state index >= 15 is 0 Å². The van der Waals surface area contributed by atoms with Gasteiger partial charge < -0.3 is 10.3 Å². The van der Waals surface area contributed by atoms with Crippen LogP contribution in [0, 0.1) is 6.92 Å². The summed E-state index contributed by atoms with van der Waals surface area (Å²) in [6.45, 7) is 2.19. The van der Waals surface area contributed by atoms with Crippen molar-refractivity contribution in [1.29, 1.82) is 0 Å². The summed E-state index contributed by atoms with van der Waals surface area (Å²) in [5.41, 5.74) is 2.13. The van der Waals surface area contributed by atoms with Crippen molar-refractivity contribution in [3.63, 3.8) is 0 Å². The number of nitrogens with zero attached hydrogens (tertiary/aromatic N) is 2. The van der Waals surface area contributed by atoms with E-state index in [2.05, 4.69) is 20.3 Å². The number of carbonyl (C=O) groups is 1. The molecule has 7 heteroatoms. The molecule has 0 saturated carbocycles. The molecule has 3 aromatic heterocycles. The number of aromatic amines is 1. The van der Waals surface area contributed by atoms with Gasteiger partial charge in [0.05, 0.1) is 16.4 Å². The second kappa shape index (κ2) is 7.18. The van der Waals surface area contributed by atoms with Crippen LogP contribution in [0.4, 0.5) is 0 Å². The number of hydrogen-bond donors (Lipinski definition) is 2. The molecule has 0 unspecified atom stereocenters. The normalized spacial score (nSPS) is 10.5. The van der Waals surface area contributed by atoms with Gasteiger partial charge in [-0.25, -0.2) is 4.98 Å². The summed E-state index contributed by atoms with van der Waals surface area (Å²) in [5, 5.41) is 5.61. The second-order valence-corrected chi connectivity index (χ2v) is 6.17. The summed E-state index contributed by atoms with van der Waals surface area (Å²) in [4.78, 5) is 35.2. The fraction of sp³-hybridized carbons (Fsp3) is 0.176. The summed E-state index contributed by atoms with van der Waals surface area (Å²) in [5.74, 6) is -0.377. The maximum Gasteiger partial charge on any atom is 0.260 e. The van der Waals surface area contributed by atoms with Gasteiger partial charge in [-0.2, -0.15) is 0 Å². The van der Waals surface area contributed by atoms with Crippen LogP contribution in [0.1, 0.15) is 21.1 Å². The minimum atomic E-state index is -0.377. The SMILES string of the molecule is Cc1ccc(C(=O)NCCc2nc(-c3ccccn3)cs2)c(=O)[nH]1. The molecule has 122 valence electrons. The zero-order valence-electron chi connectivity index (χ0n) is 13.1. The van der Waals surface area contributed by atoms with Crippen molar-refractivity contribution in [2.45, 2.75) is 13.3 Å². The van der Waals surface area contributed by atoms with Gasteiger partial charge in [-0.3, -0.25) is 14.6 Å². The Bertz CT molecular complexity index is 902. The van der Waals surface area contributed by atoms with E-state index in [0.717, 1.165) is 22.1 Å². The van der Waals surface area contributed by atoms with Crippen LogP contribution in [0.25, 0.3) is 11.4 Å². The number of rotatable bonds is 5. The van der Waals surface area contributed by atoms with Crippen molar-refractivity contribution in [3.8, 4) is 11.4 Å². The summed E-state index contributed by atoms with van der Waals surface area (Å²) < 4.78 is 0. The minimum Gasteiger partial charge on any atom is -0.351 e. The third kappa shape index (κ3) is 3.75. The molecule has 6 nitrogen and oxygen atoms in total. The van der Waals surface area contributed by atoms with E-state index in [1.54, 1.807) is 19.2 Å². The van der Waals surface area contributed by atoms with E-state index in [1.165, 1.54) is 17.4 Å². The Morgan fingerprint density at radius 1 is 1.25 bits per heavy atom. The molecule has 0 radical (unpaired) electrons. The number of pyridine rings is 2. The van der Waals surface area contributed by atoms with Gasteiger partial charge in [0.25, 0.3) is 11.5 Å². The number of amides is 1. The third-order valence-electron chi connectivity index (χ3n) is 3.40. The van der Waals surface area contributed by atoms with Gasteiger partial charge in [-0.1, -0.05) is 6.07 Å². The Morgan fingerprint density at radius 3 is 2.88 bits per heavy atom. The zero-order chi connectivity index (χ0) is 16.9. The minimum absolute atomic E-state index is 0.119. The van der Waals surface area contributed by atoms with Crippen LogP contribution in [0.2, 0.25) is 0 Å². The molecule has 3 rings (SSSR count). The molecule has 0 bridgehead atoms. The Kier molecular flexibility index (Phi) is 4.81. The molecule has 24 heavy (non-hydrogen) atoms. The summed E-state index contributed by atoms with van der Waals surface area (Å²) >= 11 is 1.53. The van der Waals surface area contributed by atoms with Crippen molar-refractivity contribution < 1.29 is 4.79 Å². The van der Waals surface area contributed by atoms with Gasteiger partial charge in [0, 0.05) is 30.2 Å². The highest BCUT2D eigenvalue weighted by Gasteiger charge is 2.10. The highest BCUT2D eigenvalue weighted by atomic mass is 32.1. The fourth-order valence-corrected chi connectivity index (χ4v) is 2.98. The lowest BCUT2D eigenvalue weighted by Gasteiger charge is -2.03. The van der Waals surface area contributed by atoms with Crippen LogP contribution < -0.4 is 10.9 Å². The molecule has 0 aromatic carbocycles. The van der Waals surface area contributed by atoms with Crippen LogP contribution in [-0.2, 0) is 6.42 Å². The fourth-order valence-electron chi connectivity index (χ4n) is 2.19. The van der Waals surface area contributed by atoms with E-state index in [4.69, 9.17) is 0 Å². The van der Waals surface area contributed by atoms with Gasteiger partial charge in [0.2, 0.25) is 0 Å². The van der Waals surface area contributed by atoms with E-state index in [0.29, 0.717) is 13.0 Å². The van der Waals surface area contributed by atoms with Gasteiger partial charge >= 0.3 is 0 Å². The van der Waals surface area contributed by atoms with Crippen LogP contribution in [0.5, 0.6) is 0 Å². The highest BCUT2D eigenvalue weighted by Crippen LogP contribution is 2.19. The highest BCUT2D eigenvalue weighted by molar-refractivity contribution is 7.09. The van der Waals surface area contributed by atoms with Gasteiger partial charge in [0.1, 0.15) is 5.56 Å². The summed E-state index contributed by atoms with van der Waals surface area (Å²) in [6.07, 6.45) is 2.33. The lowest BCUT2D eigenvalue weighted by atomic mass is 10.2. The van der Waals surface area contributed by atoms with Crippen LogP contribution in [0.3, 0.4) is 0 Å². The molecule has 0 fully saturated rings. The molecule has 0 saturated heterocycles. The average molecular weight is 340 g/mol. The second-order valence-electron chi connectivity index (χ2n) is 5.23. The molecule has 1 amide bonds. The zero-order valence-corrected chi connectivity index (χ0v) is 13.9. The topological polar surface area (TPSA) is 87.7 Å². The molecule has 0 atom stereocenters.